The Bertz CT molecular complexity index is 560. The quantitative estimate of drug-likeness (QED) is 0.678. The average Bonchev–Trinajstić information content (AvgIpc) is 2.62. The van der Waals surface area contributed by atoms with Crippen LogP contribution in [0.5, 0.6) is 0 Å². The molecule has 0 saturated carbocycles. The van der Waals surface area contributed by atoms with Crippen molar-refractivity contribution in [3.63, 3.8) is 0 Å². The molecule has 2 rings (SSSR count). The topological polar surface area (TPSA) is 67.6 Å². The largest absolute Gasteiger partial charge is 0.376 e. The van der Waals surface area contributed by atoms with Crippen LogP contribution in [0.15, 0.2) is 24.3 Å². The van der Waals surface area contributed by atoms with E-state index < -0.39 is 5.41 Å². The standard InChI is InChI=1S/C20H33N3O2.2ClH/c1-4-20(5-2,15-21)19(24)22-12-17-7-6-8-18(11-17)14-23-9-10-25-16(3)13-23;;/h6-8,11,16H,4-5,9-10,12-15,21H2,1-3H3,(H,22,24);2*1H. The number of halogens is 2. The van der Waals surface area contributed by atoms with Gasteiger partial charge in [0.25, 0.3) is 0 Å². The molecule has 1 aliphatic rings. The molecule has 156 valence electrons. The summed E-state index contributed by atoms with van der Waals surface area (Å²) in [5.74, 6) is 0.0624. The van der Waals surface area contributed by atoms with E-state index in [-0.39, 0.29) is 30.7 Å². The van der Waals surface area contributed by atoms with Gasteiger partial charge in [-0.3, -0.25) is 9.69 Å². The molecule has 1 aliphatic heterocycles. The van der Waals surface area contributed by atoms with Gasteiger partial charge in [-0.1, -0.05) is 38.1 Å². The van der Waals surface area contributed by atoms with E-state index >= 15 is 0 Å². The number of benzene rings is 1. The first-order valence-corrected chi connectivity index (χ1v) is 9.43. The summed E-state index contributed by atoms with van der Waals surface area (Å²) in [6.45, 7) is 10.8. The number of nitrogens with zero attached hydrogens (tertiary/aromatic N) is 1. The van der Waals surface area contributed by atoms with Gasteiger partial charge >= 0.3 is 0 Å². The highest BCUT2D eigenvalue weighted by Gasteiger charge is 2.32. The molecule has 1 aromatic rings. The van der Waals surface area contributed by atoms with Gasteiger partial charge in [-0.25, -0.2) is 0 Å². The molecule has 1 amide bonds. The Hall–Kier alpha value is -0.850. The molecule has 3 N–H and O–H groups in total. The lowest BCUT2D eigenvalue weighted by Gasteiger charge is -2.31. The first-order chi connectivity index (χ1) is 12.0. The molecule has 7 heteroatoms. The zero-order valence-electron chi connectivity index (χ0n) is 16.7. The molecule has 1 saturated heterocycles. The summed E-state index contributed by atoms with van der Waals surface area (Å²) < 4.78 is 5.60. The molecular weight excluding hydrogens is 385 g/mol. The smallest absolute Gasteiger partial charge is 0.227 e. The molecule has 0 aliphatic carbocycles. The van der Waals surface area contributed by atoms with Crippen molar-refractivity contribution in [1.29, 1.82) is 0 Å². The molecule has 1 heterocycles. The summed E-state index contributed by atoms with van der Waals surface area (Å²) in [7, 11) is 0. The summed E-state index contributed by atoms with van der Waals surface area (Å²) in [5, 5.41) is 3.08. The van der Waals surface area contributed by atoms with Crippen molar-refractivity contribution in [3.05, 3.63) is 35.4 Å². The van der Waals surface area contributed by atoms with Crippen LogP contribution in [-0.2, 0) is 22.6 Å². The van der Waals surface area contributed by atoms with E-state index in [1.165, 1.54) is 5.56 Å². The van der Waals surface area contributed by atoms with E-state index in [9.17, 15) is 4.79 Å². The lowest BCUT2D eigenvalue weighted by atomic mass is 9.81. The Morgan fingerprint density at radius 2 is 1.96 bits per heavy atom. The monoisotopic (exact) mass is 419 g/mol. The van der Waals surface area contributed by atoms with Gasteiger partial charge in [0.05, 0.1) is 18.1 Å². The number of rotatable bonds is 8. The van der Waals surface area contributed by atoms with Gasteiger partial charge in [-0.05, 0) is 30.9 Å². The van der Waals surface area contributed by atoms with Crippen LogP contribution >= 0.6 is 24.8 Å². The zero-order valence-corrected chi connectivity index (χ0v) is 18.3. The number of nitrogens with two attached hydrogens (primary N) is 1. The summed E-state index contributed by atoms with van der Waals surface area (Å²) >= 11 is 0. The maximum Gasteiger partial charge on any atom is 0.227 e. The van der Waals surface area contributed by atoms with E-state index in [1.54, 1.807) is 0 Å². The predicted octanol–water partition coefficient (Wildman–Crippen LogP) is 3.13. The van der Waals surface area contributed by atoms with E-state index in [0.717, 1.165) is 44.6 Å². The molecule has 1 fully saturated rings. The second kappa shape index (κ2) is 12.6. The van der Waals surface area contributed by atoms with Gasteiger partial charge in [0.1, 0.15) is 0 Å². The minimum Gasteiger partial charge on any atom is -0.376 e. The van der Waals surface area contributed by atoms with Crippen molar-refractivity contribution in [3.8, 4) is 0 Å². The Kier molecular flexibility index (Phi) is 12.2. The minimum atomic E-state index is -0.443. The summed E-state index contributed by atoms with van der Waals surface area (Å²) in [5.41, 5.74) is 7.82. The third-order valence-electron chi connectivity index (χ3n) is 5.40. The molecule has 1 unspecified atom stereocenters. The van der Waals surface area contributed by atoms with Crippen molar-refractivity contribution in [2.75, 3.05) is 26.2 Å². The average molecular weight is 420 g/mol. The third kappa shape index (κ3) is 7.24. The SMILES string of the molecule is CCC(CC)(CN)C(=O)NCc1cccc(CN2CCOC(C)C2)c1.Cl.Cl. The number of amides is 1. The van der Waals surface area contributed by atoms with Crippen molar-refractivity contribution >= 4 is 30.7 Å². The lowest BCUT2D eigenvalue weighted by molar-refractivity contribution is -0.131. The molecule has 0 spiro atoms. The summed E-state index contributed by atoms with van der Waals surface area (Å²) in [6.07, 6.45) is 1.83. The van der Waals surface area contributed by atoms with Crippen molar-refractivity contribution < 1.29 is 9.53 Å². The second-order valence-electron chi connectivity index (χ2n) is 7.11. The Morgan fingerprint density at radius 3 is 2.56 bits per heavy atom. The van der Waals surface area contributed by atoms with Gasteiger partial charge in [-0.2, -0.15) is 0 Å². The number of nitrogens with one attached hydrogen (secondary N) is 1. The number of ether oxygens (including phenoxy) is 1. The molecular formula is C20H35Cl2N3O2. The highest BCUT2D eigenvalue weighted by molar-refractivity contribution is 5.85. The molecule has 1 atom stereocenters. The maximum atomic E-state index is 12.6. The van der Waals surface area contributed by atoms with Gasteiger partial charge in [0.2, 0.25) is 5.91 Å². The van der Waals surface area contributed by atoms with Gasteiger partial charge in [0, 0.05) is 32.7 Å². The van der Waals surface area contributed by atoms with Crippen LogP contribution in [-0.4, -0.2) is 43.2 Å². The van der Waals surface area contributed by atoms with Gasteiger partial charge in [-0.15, -0.1) is 24.8 Å². The molecule has 1 aromatic carbocycles. The Morgan fingerprint density at radius 1 is 1.30 bits per heavy atom. The number of morpholine rings is 1. The molecule has 27 heavy (non-hydrogen) atoms. The maximum absolute atomic E-state index is 12.6. The van der Waals surface area contributed by atoms with Gasteiger partial charge in [0.15, 0.2) is 0 Å². The fourth-order valence-electron chi connectivity index (χ4n) is 3.45. The van der Waals surface area contributed by atoms with Crippen molar-refractivity contribution in [1.82, 2.24) is 10.2 Å². The van der Waals surface area contributed by atoms with E-state index in [0.29, 0.717) is 19.2 Å². The van der Waals surface area contributed by atoms with Crippen molar-refractivity contribution in [2.45, 2.75) is 52.8 Å². The zero-order chi connectivity index (χ0) is 18.3. The second-order valence-corrected chi connectivity index (χ2v) is 7.11. The summed E-state index contributed by atoms with van der Waals surface area (Å²) in [6, 6.07) is 8.46. The molecule has 5 nitrogen and oxygen atoms in total. The van der Waals surface area contributed by atoms with Crippen LogP contribution in [0, 0.1) is 5.41 Å². The first-order valence-electron chi connectivity index (χ1n) is 9.43. The van der Waals surface area contributed by atoms with Crippen LogP contribution in [0.3, 0.4) is 0 Å². The van der Waals surface area contributed by atoms with Gasteiger partial charge < -0.3 is 15.8 Å². The fraction of sp³-hybridized carbons (Fsp3) is 0.650. The fourth-order valence-corrected chi connectivity index (χ4v) is 3.45. The normalized spacial score (nSPS) is 17.6. The number of carbonyl (C=O) groups is 1. The Balaban J connectivity index is 0.00000338. The van der Waals surface area contributed by atoms with Crippen LogP contribution < -0.4 is 11.1 Å². The van der Waals surface area contributed by atoms with Crippen LogP contribution in [0.4, 0.5) is 0 Å². The number of carbonyl (C=O) groups excluding carboxylic acids is 1. The number of hydrogen-bond donors (Lipinski definition) is 2. The first kappa shape index (κ1) is 26.1. The van der Waals surface area contributed by atoms with Crippen molar-refractivity contribution in [2.24, 2.45) is 11.1 Å². The van der Waals surface area contributed by atoms with Crippen LogP contribution in [0.2, 0.25) is 0 Å². The predicted molar refractivity (Wildman–Crippen MR) is 116 cm³/mol. The highest BCUT2D eigenvalue weighted by Crippen LogP contribution is 2.25. The molecule has 0 radical (unpaired) electrons. The van der Waals surface area contributed by atoms with E-state index in [1.807, 2.05) is 13.8 Å². The van der Waals surface area contributed by atoms with Crippen LogP contribution in [0.1, 0.15) is 44.7 Å². The summed E-state index contributed by atoms with van der Waals surface area (Å²) in [4.78, 5) is 15.0. The highest BCUT2D eigenvalue weighted by atomic mass is 35.5. The number of hydrogen-bond acceptors (Lipinski definition) is 4. The van der Waals surface area contributed by atoms with E-state index in [4.69, 9.17) is 10.5 Å². The van der Waals surface area contributed by atoms with Crippen LogP contribution in [0.25, 0.3) is 0 Å². The third-order valence-corrected chi connectivity index (χ3v) is 5.40. The molecule has 0 aromatic heterocycles. The lowest BCUT2D eigenvalue weighted by Crippen LogP contribution is -2.45. The Labute approximate surface area is 176 Å². The van der Waals surface area contributed by atoms with E-state index in [2.05, 4.69) is 41.4 Å². The molecule has 0 bridgehead atoms. The minimum absolute atomic E-state index is 0.